The zero-order valence-corrected chi connectivity index (χ0v) is 44.4. The van der Waals surface area contributed by atoms with E-state index >= 15 is 0 Å². The summed E-state index contributed by atoms with van der Waals surface area (Å²) < 4.78 is 87.0. The number of ether oxygens (including phenoxy) is 5. The molecule has 0 aliphatic rings. The van der Waals surface area contributed by atoms with Gasteiger partial charge in [-0.15, -0.1) is 0 Å². The molecule has 75 heavy (non-hydrogen) atoms. The van der Waals surface area contributed by atoms with Crippen LogP contribution in [0.25, 0.3) is 23.3 Å². The van der Waals surface area contributed by atoms with Gasteiger partial charge in [0.1, 0.15) is 6.61 Å². The first-order valence-corrected chi connectivity index (χ1v) is 26.2. The standard InChI is InChI=1S/C27H29N5O6S.C25H24ClN5O4S/c1-27(2,3)18-10-12-19(13-11-18)39(34,35)32-23-22(38-21-9-6-5-8-20(21)36-4)26(37-17-16-33)31-25(30-23)24-28-14-7-15-29-24;1-25(2,3)16-10-12-17(13-11-16)36(32,33)31-22-20(35-19-9-6-5-8-18(19)34-4)21(26)29-24(30-22)23-27-14-7-15-28-23/h5-15,33H,16-17H2,1-4H3,(H,30,31,32);5-15H,1-4H3,(H,29,30,31). The molecule has 0 saturated carbocycles. The van der Waals surface area contributed by atoms with Crippen molar-refractivity contribution in [1.82, 2.24) is 39.9 Å². The second-order valence-corrected chi connectivity index (χ2v) is 21.8. The number of aromatic nitrogens is 8. The van der Waals surface area contributed by atoms with Gasteiger partial charge in [-0.25, -0.2) is 51.7 Å². The van der Waals surface area contributed by atoms with Crippen LogP contribution in [0.2, 0.25) is 5.15 Å². The Balaban J connectivity index is 0.000000219. The lowest BCUT2D eigenvalue weighted by Crippen LogP contribution is -2.17. The smallest absolute Gasteiger partial charge is 0.263 e. The molecule has 390 valence electrons. The molecule has 3 N–H and O–H groups in total. The number of hydrogen-bond acceptors (Lipinski definition) is 18. The summed E-state index contributed by atoms with van der Waals surface area (Å²) in [4.78, 5) is 34.0. The molecule has 0 aliphatic heterocycles. The third-order valence-electron chi connectivity index (χ3n) is 10.6. The number of nitrogens with one attached hydrogen (secondary N) is 2. The van der Waals surface area contributed by atoms with E-state index in [1.807, 2.05) is 41.5 Å². The zero-order valence-electron chi connectivity index (χ0n) is 42.0. The molecule has 4 heterocycles. The van der Waals surface area contributed by atoms with Gasteiger partial charge in [-0.3, -0.25) is 9.44 Å². The van der Waals surface area contributed by atoms with Crippen molar-refractivity contribution >= 4 is 43.3 Å². The van der Waals surface area contributed by atoms with Gasteiger partial charge < -0.3 is 28.8 Å². The van der Waals surface area contributed by atoms with Crippen molar-refractivity contribution < 1.29 is 45.6 Å². The average Bonchev–Trinajstić information content (AvgIpc) is 3.40. The molecule has 20 nitrogen and oxygen atoms in total. The summed E-state index contributed by atoms with van der Waals surface area (Å²) in [6.07, 6.45) is 6.03. The Morgan fingerprint density at radius 2 is 0.893 bits per heavy atom. The monoisotopic (exact) mass is 1080 g/mol. The third kappa shape index (κ3) is 13.8. The number of hydrogen-bond donors (Lipinski definition) is 3. The molecule has 0 bridgehead atoms. The van der Waals surface area contributed by atoms with Crippen LogP contribution >= 0.6 is 11.6 Å². The number of nitrogens with zero attached hydrogens (tertiary/aromatic N) is 8. The first-order valence-electron chi connectivity index (χ1n) is 22.9. The van der Waals surface area contributed by atoms with Gasteiger partial charge >= 0.3 is 0 Å². The number of sulfonamides is 2. The summed E-state index contributed by atoms with van der Waals surface area (Å²) in [5.41, 5.74) is 1.69. The van der Waals surface area contributed by atoms with E-state index in [4.69, 9.17) is 35.3 Å². The molecular weight excluding hydrogens is 1020 g/mol. The molecule has 0 radical (unpaired) electrons. The van der Waals surface area contributed by atoms with Gasteiger partial charge in [0, 0.05) is 24.8 Å². The van der Waals surface area contributed by atoms with E-state index in [-0.39, 0.29) is 97.0 Å². The lowest BCUT2D eigenvalue weighted by molar-refractivity contribution is 0.192. The first-order chi connectivity index (χ1) is 35.7. The van der Waals surface area contributed by atoms with Crippen molar-refractivity contribution in [3.63, 3.8) is 0 Å². The van der Waals surface area contributed by atoms with Crippen LogP contribution in [0.5, 0.6) is 40.4 Å². The predicted octanol–water partition coefficient (Wildman–Crippen LogP) is 9.69. The summed E-state index contributed by atoms with van der Waals surface area (Å²) in [6, 6.07) is 30.1. The second-order valence-electron chi connectivity index (χ2n) is 18.0. The van der Waals surface area contributed by atoms with E-state index in [2.05, 4.69) is 49.3 Å². The van der Waals surface area contributed by atoms with Crippen molar-refractivity contribution in [2.24, 2.45) is 0 Å². The van der Waals surface area contributed by atoms with Gasteiger partial charge in [-0.1, -0.05) is 102 Å². The number of benzene rings is 4. The van der Waals surface area contributed by atoms with E-state index in [9.17, 15) is 21.9 Å². The highest BCUT2D eigenvalue weighted by Gasteiger charge is 2.28. The largest absolute Gasteiger partial charge is 0.493 e. The highest BCUT2D eigenvalue weighted by atomic mass is 35.5. The van der Waals surface area contributed by atoms with Crippen molar-refractivity contribution in [3.05, 3.63) is 150 Å². The van der Waals surface area contributed by atoms with E-state index in [1.54, 1.807) is 84.9 Å². The molecule has 0 spiro atoms. The Hall–Kier alpha value is -8.05. The Labute approximate surface area is 439 Å². The van der Waals surface area contributed by atoms with Crippen LogP contribution in [0.15, 0.2) is 144 Å². The van der Waals surface area contributed by atoms with Crippen molar-refractivity contribution in [1.29, 1.82) is 0 Å². The molecule has 4 aromatic heterocycles. The molecule has 0 fully saturated rings. The number of anilines is 2. The quantitative estimate of drug-likeness (QED) is 0.0716. The van der Waals surface area contributed by atoms with Crippen LogP contribution in [-0.4, -0.2) is 89.2 Å². The van der Waals surface area contributed by atoms with Gasteiger partial charge in [0.05, 0.1) is 30.6 Å². The zero-order chi connectivity index (χ0) is 54.0. The Morgan fingerprint density at radius 3 is 1.29 bits per heavy atom. The normalized spacial score (nSPS) is 11.7. The third-order valence-corrected chi connectivity index (χ3v) is 13.6. The first kappa shape index (κ1) is 54.7. The van der Waals surface area contributed by atoms with Crippen LogP contribution < -0.4 is 33.1 Å². The SMILES string of the molecule is COc1ccccc1Oc1c(Cl)nc(-c2ncccn2)nc1NS(=O)(=O)c1ccc(C(C)(C)C)cc1.COc1ccccc1Oc1c(NS(=O)(=O)c2ccc(C(C)(C)C)cc2)nc(-c2ncccn2)nc1OCCO. The Morgan fingerprint density at radius 1 is 0.507 bits per heavy atom. The fraction of sp³-hybridized carbons (Fsp3) is 0.231. The number of aliphatic hydroxyl groups excluding tert-OH is 1. The maximum absolute atomic E-state index is 13.5. The number of rotatable bonds is 17. The van der Waals surface area contributed by atoms with E-state index in [1.165, 1.54) is 63.3 Å². The fourth-order valence-electron chi connectivity index (χ4n) is 6.71. The minimum absolute atomic E-state index is 0.0169. The maximum atomic E-state index is 13.5. The summed E-state index contributed by atoms with van der Waals surface area (Å²) >= 11 is 6.47. The lowest BCUT2D eigenvalue weighted by atomic mass is 9.87. The molecule has 4 aromatic carbocycles. The van der Waals surface area contributed by atoms with Gasteiger partial charge in [0.15, 0.2) is 51.4 Å². The van der Waals surface area contributed by atoms with Gasteiger partial charge in [0.25, 0.3) is 25.9 Å². The molecule has 0 saturated heterocycles. The maximum Gasteiger partial charge on any atom is 0.263 e. The van der Waals surface area contributed by atoms with Gasteiger partial charge in [-0.2, -0.15) is 4.98 Å². The predicted molar refractivity (Wildman–Crippen MR) is 282 cm³/mol. The molecule has 0 aliphatic carbocycles. The Kier molecular flexibility index (Phi) is 17.1. The summed E-state index contributed by atoms with van der Waals surface area (Å²) in [5, 5.41) is 9.26. The van der Waals surface area contributed by atoms with Crippen molar-refractivity contribution in [2.75, 3.05) is 36.9 Å². The number of aliphatic hydroxyl groups is 1. The summed E-state index contributed by atoms with van der Waals surface area (Å²) in [7, 11) is -5.25. The average molecular weight is 1080 g/mol. The van der Waals surface area contributed by atoms with Crippen molar-refractivity contribution in [3.8, 4) is 63.7 Å². The Bertz CT molecular complexity index is 3460. The minimum atomic E-state index is -4.14. The second kappa shape index (κ2) is 23.4. The van der Waals surface area contributed by atoms with Crippen LogP contribution in [-0.2, 0) is 30.9 Å². The highest BCUT2D eigenvalue weighted by molar-refractivity contribution is 7.93. The molecule has 23 heteroatoms. The molecule has 0 amide bonds. The van der Waals surface area contributed by atoms with Gasteiger partial charge in [0.2, 0.25) is 23.1 Å². The molecule has 8 rings (SSSR count). The van der Waals surface area contributed by atoms with Gasteiger partial charge in [-0.05, 0) is 82.6 Å². The summed E-state index contributed by atoms with van der Waals surface area (Å²) in [5.74, 6) is 0.887. The minimum Gasteiger partial charge on any atom is -0.493 e. The number of methoxy groups -OCH3 is 2. The topological polar surface area (TPSA) is 262 Å². The van der Waals surface area contributed by atoms with Crippen LogP contribution in [0.3, 0.4) is 0 Å². The van der Waals surface area contributed by atoms with Crippen LogP contribution in [0.1, 0.15) is 52.7 Å². The summed E-state index contributed by atoms with van der Waals surface area (Å²) in [6.45, 7) is 11.8. The molecule has 0 atom stereocenters. The molecule has 0 unspecified atom stereocenters. The van der Waals surface area contributed by atoms with Crippen LogP contribution in [0.4, 0.5) is 11.6 Å². The van der Waals surface area contributed by atoms with Crippen molar-refractivity contribution in [2.45, 2.75) is 62.2 Å². The lowest BCUT2D eigenvalue weighted by Gasteiger charge is -2.20. The van der Waals surface area contributed by atoms with E-state index in [0.29, 0.717) is 17.2 Å². The highest BCUT2D eigenvalue weighted by Crippen LogP contribution is 2.43. The van der Waals surface area contributed by atoms with E-state index < -0.39 is 20.0 Å². The fourth-order valence-corrected chi connectivity index (χ4v) is 8.93. The number of halogens is 1. The van der Waals surface area contributed by atoms with E-state index in [0.717, 1.165) is 11.1 Å². The van der Waals surface area contributed by atoms with Crippen LogP contribution in [0, 0.1) is 0 Å². The molecular formula is C52H53ClN10O10S2. The number of para-hydroxylation sites is 4. The molecule has 8 aromatic rings.